The SMILES string of the molecule is Cc1noc(C)c1-c1ccc2c(c1)nc([C@H](C)Cc1ccc(Cl)c(F)c1)n2[C@H]1CCN(S(C)(=O)=O)C1. The molecule has 190 valence electrons. The molecule has 1 saturated heterocycles. The van der Waals surface area contributed by atoms with Gasteiger partial charge in [0, 0.05) is 24.6 Å². The number of hydrogen-bond acceptors (Lipinski definition) is 5. The summed E-state index contributed by atoms with van der Waals surface area (Å²) in [6.45, 7) is 6.71. The van der Waals surface area contributed by atoms with E-state index in [0.29, 0.717) is 25.9 Å². The van der Waals surface area contributed by atoms with Crippen LogP contribution in [0.25, 0.3) is 22.2 Å². The molecule has 0 saturated carbocycles. The van der Waals surface area contributed by atoms with Crippen molar-refractivity contribution >= 4 is 32.7 Å². The number of aryl methyl sites for hydroxylation is 2. The van der Waals surface area contributed by atoms with E-state index in [0.717, 1.165) is 45.0 Å². The largest absolute Gasteiger partial charge is 0.361 e. The molecule has 0 unspecified atom stereocenters. The predicted molar refractivity (Wildman–Crippen MR) is 138 cm³/mol. The van der Waals surface area contributed by atoms with Crippen LogP contribution in [0.4, 0.5) is 4.39 Å². The van der Waals surface area contributed by atoms with Gasteiger partial charge in [0.05, 0.1) is 34.0 Å². The second-order valence-electron chi connectivity index (χ2n) is 9.66. The maximum atomic E-state index is 14.1. The Morgan fingerprint density at radius 3 is 2.64 bits per heavy atom. The zero-order valence-corrected chi connectivity index (χ0v) is 22.2. The van der Waals surface area contributed by atoms with Crippen molar-refractivity contribution in [2.75, 3.05) is 19.3 Å². The molecule has 36 heavy (non-hydrogen) atoms. The van der Waals surface area contributed by atoms with Crippen LogP contribution in [0.1, 0.15) is 48.1 Å². The first-order valence-electron chi connectivity index (χ1n) is 11.9. The van der Waals surface area contributed by atoms with Gasteiger partial charge in [-0.25, -0.2) is 22.1 Å². The van der Waals surface area contributed by atoms with E-state index in [1.165, 1.54) is 16.6 Å². The molecule has 1 aliphatic heterocycles. The Balaban J connectivity index is 1.59. The summed E-state index contributed by atoms with van der Waals surface area (Å²) in [4.78, 5) is 5.03. The van der Waals surface area contributed by atoms with Crippen molar-refractivity contribution in [1.29, 1.82) is 0 Å². The highest BCUT2D eigenvalue weighted by Gasteiger charge is 2.33. The molecule has 2 aromatic heterocycles. The van der Waals surface area contributed by atoms with Crippen LogP contribution < -0.4 is 0 Å². The topological polar surface area (TPSA) is 81.2 Å². The summed E-state index contributed by atoms with van der Waals surface area (Å²) in [5.74, 6) is 1.09. The number of benzene rings is 2. The summed E-state index contributed by atoms with van der Waals surface area (Å²) in [6.07, 6.45) is 2.51. The summed E-state index contributed by atoms with van der Waals surface area (Å²) in [5, 5.41) is 4.17. The fourth-order valence-electron chi connectivity index (χ4n) is 5.23. The molecule has 0 radical (unpaired) electrons. The highest BCUT2D eigenvalue weighted by atomic mass is 35.5. The molecule has 3 heterocycles. The highest BCUT2D eigenvalue weighted by Crippen LogP contribution is 2.36. The lowest BCUT2D eigenvalue weighted by Crippen LogP contribution is -2.28. The second-order valence-corrected chi connectivity index (χ2v) is 12.0. The number of fused-ring (bicyclic) bond motifs is 1. The Labute approximate surface area is 214 Å². The third kappa shape index (κ3) is 4.55. The van der Waals surface area contributed by atoms with E-state index in [1.807, 2.05) is 38.1 Å². The van der Waals surface area contributed by atoms with Crippen molar-refractivity contribution in [1.82, 2.24) is 19.0 Å². The van der Waals surface area contributed by atoms with Crippen molar-refractivity contribution in [2.24, 2.45) is 0 Å². The zero-order valence-electron chi connectivity index (χ0n) is 20.6. The van der Waals surface area contributed by atoms with Crippen LogP contribution in [0, 0.1) is 19.7 Å². The van der Waals surface area contributed by atoms with Gasteiger partial charge in [0.15, 0.2) is 0 Å². The van der Waals surface area contributed by atoms with E-state index in [9.17, 15) is 12.8 Å². The van der Waals surface area contributed by atoms with E-state index in [2.05, 4.69) is 16.6 Å². The van der Waals surface area contributed by atoms with Crippen LogP contribution in [0.15, 0.2) is 40.9 Å². The predicted octanol–water partition coefficient (Wildman–Crippen LogP) is 5.65. The van der Waals surface area contributed by atoms with Crippen LogP contribution in [0.3, 0.4) is 0 Å². The Morgan fingerprint density at radius 1 is 1.22 bits per heavy atom. The van der Waals surface area contributed by atoms with Gasteiger partial charge in [0.25, 0.3) is 0 Å². The van der Waals surface area contributed by atoms with E-state index < -0.39 is 15.8 Å². The molecule has 2 aromatic carbocycles. The smallest absolute Gasteiger partial charge is 0.211 e. The fraction of sp³-hybridized carbons (Fsp3) is 0.385. The third-order valence-electron chi connectivity index (χ3n) is 6.97. The van der Waals surface area contributed by atoms with Crippen molar-refractivity contribution in [3.05, 3.63) is 70.1 Å². The Kier molecular flexibility index (Phi) is 6.43. The lowest BCUT2D eigenvalue weighted by Gasteiger charge is -2.21. The molecule has 7 nitrogen and oxygen atoms in total. The Morgan fingerprint density at radius 2 is 2.00 bits per heavy atom. The Bertz CT molecular complexity index is 1540. The number of nitrogens with zero attached hydrogens (tertiary/aromatic N) is 4. The molecule has 1 fully saturated rings. The normalized spacial score (nSPS) is 17.8. The number of hydrogen-bond donors (Lipinski definition) is 0. The van der Waals surface area contributed by atoms with Gasteiger partial charge in [-0.15, -0.1) is 0 Å². The number of aromatic nitrogens is 3. The van der Waals surface area contributed by atoms with Crippen LogP contribution in [0.2, 0.25) is 5.02 Å². The maximum absolute atomic E-state index is 14.1. The minimum Gasteiger partial charge on any atom is -0.361 e. The van der Waals surface area contributed by atoms with Crippen molar-refractivity contribution in [2.45, 2.75) is 45.6 Å². The molecule has 0 amide bonds. The minimum atomic E-state index is -3.29. The minimum absolute atomic E-state index is 0.0472. The number of halogens is 2. The van der Waals surface area contributed by atoms with Crippen molar-refractivity contribution in [3.63, 3.8) is 0 Å². The van der Waals surface area contributed by atoms with E-state index in [4.69, 9.17) is 21.1 Å². The second kappa shape index (κ2) is 9.28. The molecular formula is C26H28ClFN4O3S. The molecule has 0 N–H and O–H groups in total. The zero-order chi connectivity index (χ0) is 25.8. The van der Waals surface area contributed by atoms with Gasteiger partial charge < -0.3 is 9.09 Å². The van der Waals surface area contributed by atoms with Gasteiger partial charge in [-0.1, -0.05) is 35.8 Å². The number of rotatable bonds is 6. The first kappa shape index (κ1) is 24.9. The molecule has 1 aliphatic rings. The van der Waals surface area contributed by atoms with Crippen molar-refractivity contribution < 1.29 is 17.3 Å². The average molecular weight is 531 g/mol. The molecular weight excluding hydrogens is 503 g/mol. The first-order chi connectivity index (χ1) is 17.0. The molecule has 0 aliphatic carbocycles. The lowest BCUT2D eigenvalue weighted by molar-refractivity contribution is 0.393. The molecule has 2 atom stereocenters. The molecule has 4 aromatic rings. The summed E-state index contributed by atoms with van der Waals surface area (Å²) >= 11 is 5.87. The van der Waals surface area contributed by atoms with Crippen LogP contribution in [-0.2, 0) is 16.4 Å². The molecule has 5 rings (SSSR count). The van der Waals surface area contributed by atoms with Gasteiger partial charge in [0.2, 0.25) is 10.0 Å². The van der Waals surface area contributed by atoms with Crippen LogP contribution in [0.5, 0.6) is 0 Å². The van der Waals surface area contributed by atoms with Crippen LogP contribution >= 0.6 is 11.6 Å². The van der Waals surface area contributed by atoms with Gasteiger partial charge in [-0.05, 0) is 62.1 Å². The number of sulfonamides is 1. The average Bonchev–Trinajstić information content (AvgIpc) is 3.52. The van der Waals surface area contributed by atoms with E-state index >= 15 is 0 Å². The summed E-state index contributed by atoms with van der Waals surface area (Å²) in [6, 6.07) is 10.9. The molecule has 10 heteroatoms. The summed E-state index contributed by atoms with van der Waals surface area (Å²) in [5.41, 5.74) is 5.30. The first-order valence-corrected chi connectivity index (χ1v) is 14.1. The maximum Gasteiger partial charge on any atom is 0.211 e. The highest BCUT2D eigenvalue weighted by molar-refractivity contribution is 7.88. The Hall–Kier alpha value is -2.75. The van der Waals surface area contributed by atoms with Crippen LogP contribution in [-0.4, -0.2) is 46.8 Å². The van der Waals surface area contributed by atoms with Gasteiger partial charge in [-0.3, -0.25) is 0 Å². The number of imidazole rings is 1. The van der Waals surface area contributed by atoms with Gasteiger partial charge in [0.1, 0.15) is 17.4 Å². The van der Waals surface area contributed by atoms with E-state index in [1.54, 1.807) is 6.07 Å². The molecule has 0 spiro atoms. The monoisotopic (exact) mass is 530 g/mol. The van der Waals surface area contributed by atoms with E-state index in [-0.39, 0.29) is 17.0 Å². The summed E-state index contributed by atoms with van der Waals surface area (Å²) < 4.78 is 47.6. The standard InChI is InChI=1S/C26H28ClFN4O3S/c1-15(11-18-5-7-21(27)22(28)12-18)26-29-23-13-19(25-16(2)30-35-17(25)3)6-8-24(23)32(26)20-9-10-31(14-20)36(4,33)34/h5-8,12-13,15,20H,9-11,14H2,1-4H3/t15-,20+/m1/s1. The third-order valence-corrected chi connectivity index (χ3v) is 8.54. The summed E-state index contributed by atoms with van der Waals surface area (Å²) in [7, 11) is -3.29. The fourth-order valence-corrected chi connectivity index (χ4v) is 6.23. The lowest BCUT2D eigenvalue weighted by atomic mass is 10.00. The van der Waals surface area contributed by atoms with Gasteiger partial charge >= 0.3 is 0 Å². The van der Waals surface area contributed by atoms with Gasteiger partial charge in [-0.2, -0.15) is 0 Å². The quantitative estimate of drug-likeness (QED) is 0.321. The van der Waals surface area contributed by atoms with Crippen molar-refractivity contribution in [3.8, 4) is 11.1 Å². The molecule has 0 bridgehead atoms.